The standard InChI is InChI=1S/C18H25ClN2O4S/c1-26(23,24)21-11-10-17(25-16-9-8-13(19)12-15(16)21)18(22)20-14-6-4-2-3-5-7-14/h8-9,12,14,17H,2-7,10-11H2,1H3,(H,20,22)/t17-/m0/s1. The fourth-order valence-corrected chi connectivity index (χ4v) is 4.70. The lowest BCUT2D eigenvalue weighted by Gasteiger charge is -2.21. The summed E-state index contributed by atoms with van der Waals surface area (Å²) in [5.74, 6) is 0.187. The maximum Gasteiger partial charge on any atom is 0.261 e. The molecule has 0 bridgehead atoms. The highest BCUT2D eigenvalue weighted by Crippen LogP contribution is 2.36. The zero-order valence-electron chi connectivity index (χ0n) is 14.9. The molecular weight excluding hydrogens is 376 g/mol. The number of amides is 1. The van der Waals surface area contributed by atoms with Gasteiger partial charge in [0.15, 0.2) is 6.10 Å². The third-order valence-electron chi connectivity index (χ3n) is 4.95. The molecule has 0 aromatic heterocycles. The van der Waals surface area contributed by atoms with E-state index in [1.807, 2.05) is 0 Å². The first-order valence-corrected chi connectivity index (χ1v) is 11.3. The van der Waals surface area contributed by atoms with Crippen molar-refractivity contribution in [1.82, 2.24) is 5.32 Å². The summed E-state index contributed by atoms with van der Waals surface area (Å²) in [6.07, 6.45) is 7.36. The molecule has 26 heavy (non-hydrogen) atoms. The highest BCUT2D eigenvalue weighted by atomic mass is 35.5. The Bertz CT molecular complexity index is 760. The number of benzene rings is 1. The molecule has 0 spiro atoms. The minimum absolute atomic E-state index is 0.173. The molecule has 1 aromatic rings. The van der Waals surface area contributed by atoms with Gasteiger partial charge in [-0.05, 0) is 31.0 Å². The van der Waals surface area contributed by atoms with E-state index < -0.39 is 16.1 Å². The number of hydrogen-bond acceptors (Lipinski definition) is 4. The van der Waals surface area contributed by atoms with Crippen LogP contribution in [0.1, 0.15) is 44.9 Å². The number of halogens is 1. The Labute approximate surface area is 159 Å². The number of fused-ring (bicyclic) bond motifs is 1. The molecule has 0 unspecified atom stereocenters. The molecule has 1 fully saturated rings. The van der Waals surface area contributed by atoms with Gasteiger partial charge in [0, 0.05) is 24.0 Å². The molecule has 2 aliphatic rings. The molecule has 1 saturated carbocycles. The van der Waals surface area contributed by atoms with E-state index in [9.17, 15) is 13.2 Å². The van der Waals surface area contributed by atoms with Crippen LogP contribution in [0.25, 0.3) is 0 Å². The topological polar surface area (TPSA) is 75.7 Å². The minimum atomic E-state index is -3.50. The Balaban J connectivity index is 1.79. The van der Waals surface area contributed by atoms with Gasteiger partial charge in [-0.25, -0.2) is 8.42 Å². The Kier molecular flexibility index (Phi) is 5.97. The lowest BCUT2D eigenvalue weighted by atomic mass is 10.1. The van der Waals surface area contributed by atoms with E-state index in [4.69, 9.17) is 16.3 Å². The van der Waals surface area contributed by atoms with Gasteiger partial charge in [0.2, 0.25) is 10.0 Å². The summed E-state index contributed by atoms with van der Waals surface area (Å²) in [6.45, 7) is 0.176. The quantitative estimate of drug-likeness (QED) is 0.791. The predicted octanol–water partition coefficient (Wildman–Crippen LogP) is 3.10. The van der Waals surface area contributed by atoms with Crippen molar-refractivity contribution >= 4 is 33.2 Å². The molecule has 1 aromatic carbocycles. The van der Waals surface area contributed by atoms with E-state index in [-0.39, 0.29) is 24.9 Å². The molecule has 8 heteroatoms. The Morgan fingerprint density at radius 3 is 2.54 bits per heavy atom. The van der Waals surface area contributed by atoms with E-state index in [1.54, 1.807) is 18.2 Å². The number of nitrogens with one attached hydrogen (secondary N) is 1. The molecule has 1 heterocycles. The second-order valence-electron chi connectivity index (χ2n) is 7.04. The van der Waals surface area contributed by atoms with E-state index in [0.29, 0.717) is 16.5 Å². The summed E-state index contributed by atoms with van der Waals surface area (Å²) in [7, 11) is -3.50. The van der Waals surface area contributed by atoms with Gasteiger partial charge < -0.3 is 10.1 Å². The van der Waals surface area contributed by atoms with Crippen LogP contribution in [-0.2, 0) is 14.8 Å². The normalized spacial score (nSPS) is 21.9. The van der Waals surface area contributed by atoms with Gasteiger partial charge >= 0.3 is 0 Å². The van der Waals surface area contributed by atoms with E-state index in [0.717, 1.165) is 31.9 Å². The van der Waals surface area contributed by atoms with Gasteiger partial charge in [-0.2, -0.15) is 0 Å². The number of rotatable bonds is 3. The maximum atomic E-state index is 12.7. The van der Waals surface area contributed by atoms with Gasteiger partial charge in [-0.1, -0.05) is 37.3 Å². The largest absolute Gasteiger partial charge is 0.478 e. The fourth-order valence-electron chi connectivity index (χ4n) is 3.60. The number of ether oxygens (including phenoxy) is 1. The number of hydrogen-bond donors (Lipinski definition) is 1. The second-order valence-corrected chi connectivity index (χ2v) is 9.38. The number of sulfonamides is 1. The molecular formula is C18H25ClN2O4S. The molecule has 1 aliphatic heterocycles. The van der Waals surface area contributed by atoms with E-state index in [1.165, 1.54) is 17.1 Å². The van der Waals surface area contributed by atoms with Crippen molar-refractivity contribution in [2.75, 3.05) is 17.1 Å². The summed E-state index contributed by atoms with van der Waals surface area (Å²) < 4.78 is 31.5. The minimum Gasteiger partial charge on any atom is -0.478 e. The van der Waals surface area contributed by atoms with Gasteiger partial charge in [0.05, 0.1) is 11.9 Å². The molecule has 1 N–H and O–H groups in total. The van der Waals surface area contributed by atoms with Crippen LogP contribution in [0, 0.1) is 0 Å². The van der Waals surface area contributed by atoms with Crippen LogP contribution in [0.15, 0.2) is 18.2 Å². The Hall–Kier alpha value is -1.47. The first kappa shape index (κ1) is 19.3. The number of anilines is 1. The monoisotopic (exact) mass is 400 g/mol. The lowest BCUT2D eigenvalue weighted by molar-refractivity contribution is -0.128. The lowest BCUT2D eigenvalue weighted by Crippen LogP contribution is -2.44. The fraction of sp³-hybridized carbons (Fsp3) is 0.611. The highest BCUT2D eigenvalue weighted by molar-refractivity contribution is 7.92. The van der Waals surface area contributed by atoms with Crippen LogP contribution in [0.4, 0.5) is 5.69 Å². The van der Waals surface area contributed by atoms with Crippen molar-refractivity contribution in [3.63, 3.8) is 0 Å². The predicted molar refractivity (Wildman–Crippen MR) is 102 cm³/mol. The van der Waals surface area contributed by atoms with Crippen LogP contribution in [-0.4, -0.2) is 39.3 Å². The van der Waals surface area contributed by atoms with Gasteiger partial charge in [0.25, 0.3) is 5.91 Å². The molecule has 0 radical (unpaired) electrons. The summed E-state index contributed by atoms with van der Waals surface area (Å²) in [5.41, 5.74) is 0.379. The molecule has 3 rings (SSSR count). The molecule has 1 amide bonds. The van der Waals surface area contributed by atoms with Crippen LogP contribution in [0.3, 0.4) is 0 Å². The third kappa shape index (κ3) is 4.62. The average Bonchev–Trinajstić information content (AvgIpc) is 2.92. The first-order valence-electron chi connectivity index (χ1n) is 9.09. The Morgan fingerprint density at radius 1 is 1.19 bits per heavy atom. The van der Waals surface area contributed by atoms with Crippen molar-refractivity contribution in [3.05, 3.63) is 23.2 Å². The van der Waals surface area contributed by atoms with Gasteiger partial charge in [-0.3, -0.25) is 9.10 Å². The summed E-state index contributed by atoms with van der Waals surface area (Å²) in [6, 6.07) is 4.98. The number of nitrogens with zero attached hydrogens (tertiary/aromatic N) is 1. The van der Waals surface area contributed by atoms with Gasteiger partial charge in [-0.15, -0.1) is 0 Å². The molecule has 1 atom stereocenters. The molecule has 144 valence electrons. The van der Waals surface area contributed by atoms with E-state index in [2.05, 4.69) is 5.32 Å². The van der Waals surface area contributed by atoms with Crippen molar-refractivity contribution < 1.29 is 17.9 Å². The SMILES string of the molecule is CS(=O)(=O)N1CC[C@@H](C(=O)NC2CCCCCC2)Oc2ccc(Cl)cc21. The summed E-state index contributed by atoms with van der Waals surface area (Å²) in [5, 5.41) is 3.51. The van der Waals surface area contributed by atoms with Crippen molar-refractivity contribution in [2.24, 2.45) is 0 Å². The first-order chi connectivity index (χ1) is 12.3. The highest BCUT2D eigenvalue weighted by Gasteiger charge is 2.32. The van der Waals surface area contributed by atoms with Crippen LogP contribution in [0.2, 0.25) is 5.02 Å². The van der Waals surface area contributed by atoms with Crippen molar-refractivity contribution in [1.29, 1.82) is 0 Å². The van der Waals surface area contributed by atoms with Gasteiger partial charge in [0.1, 0.15) is 5.75 Å². The van der Waals surface area contributed by atoms with Crippen molar-refractivity contribution in [3.8, 4) is 5.75 Å². The van der Waals surface area contributed by atoms with Crippen LogP contribution >= 0.6 is 11.6 Å². The zero-order valence-corrected chi connectivity index (χ0v) is 16.5. The number of carbonyl (C=O) groups is 1. The molecule has 1 aliphatic carbocycles. The summed E-state index contributed by atoms with van der Waals surface area (Å²) in [4.78, 5) is 12.7. The zero-order chi connectivity index (χ0) is 18.7. The smallest absolute Gasteiger partial charge is 0.261 e. The van der Waals surface area contributed by atoms with Crippen molar-refractivity contribution in [2.45, 2.75) is 57.1 Å². The summed E-state index contributed by atoms with van der Waals surface area (Å²) >= 11 is 6.03. The molecule has 6 nitrogen and oxygen atoms in total. The Morgan fingerprint density at radius 2 is 1.88 bits per heavy atom. The van der Waals surface area contributed by atoms with Crippen LogP contribution in [0.5, 0.6) is 5.75 Å². The average molecular weight is 401 g/mol. The third-order valence-corrected chi connectivity index (χ3v) is 6.36. The molecule has 0 saturated heterocycles. The van der Waals surface area contributed by atoms with Crippen LogP contribution < -0.4 is 14.4 Å². The second kappa shape index (κ2) is 8.05. The maximum absolute atomic E-state index is 12.7. The van der Waals surface area contributed by atoms with E-state index >= 15 is 0 Å². The number of carbonyl (C=O) groups excluding carboxylic acids is 1.